The van der Waals surface area contributed by atoms with E-state index in [1.165, 1.54) is 80.0 Å². The van der Waals surface area contributed by atoms with Gasteiger partial charge in [0.1, 0.15) is 0 Å². The molecule has 1 aliphatic carbocycles. The molecule has 45 heavy (non-hydrogen) atoms. The van der Waals surface area contributed by atoms with E-state index in [4.69, 9.17) is 11.6 Å². The maximum atomic E-state index is 7.14. The SMILES string of the molecule is CC(C)(C)c1cc(-c2cc(Cl)cc(-c3cc(C(C)(C)C)cc(C(C)(C)C)c3)c2-[n+]2csc3c2CCCC3)cc(C(C)(C)C)c1.[Cl-]. The number of hydrogen-bond acceptors (Lipinski definition) is 1. The molecule has 5 rings (SSSR count). The molecule has 0 saturated heterocycles. The number of halogens is 2. The predicted molar refractivity (Wildman–Crippen MR) is 193 cm³/mol. The number of thiazole rings is 1. The summed E-state index contributed by atoms with van der Waals surface area (Å²) >= 11 is 9.06. The summed E-state index contributed by atoms with van der Waals surface area (Å²) in [5.41, 5.74) is 15.5. The van der Waals surface area contributed by atoms with E-state index in [2.05, 4.69) is 142 Å². The fourth-order valence-electron chi connectivity index (χ4n) is 6.21. The minimum Gasteiger partial charge on any atom is -1.00 e. The quantitative estimate of drug-likeness (QED) is 0.193. The first kappa shape index (κ1) is 35.7. The molecule has 1 nitrogen and oxygen atoms in total. The first-order valence-electron chi connectivity index (χ1n) is 16.4. The van der Waals surface area contributed by atoms with Crippen molar-refractivity contribution in [3.8, 4) is 27.9 Å². The first-order chi connectivity index (χ1) is 20.2. The van der Waals surface area contributed by atoms with Crippen molar-refractivity contribution in [2.75, 3.05) is 0 Å². The van der Waals surface area contributed by atoms with Crippen LogP contribution in [-0.4, -0.2) is 0 Å². The second kappa shape index (κ2) is 12.5. The highest BCUT2D eigenvalue weighted by Gasteiger charge is 2.32. The summed E-state index contributed by atoms with van der Waals surface area (Å²) in [6.45, 7) is 27.8. The van der Waals surface area contributed by atoms with Gasteiger partial charge in [-0.15, -0.1) is 0 Å². The van der Waals surface area contributed by atoms with Crippen LogP contribution in [0.15, 0.2) is 54.0 Å². The Kier molecular flexibility index (Phi) is 9.90. The van der Waals surface area contributed by atoms with Crippen molar-refractivity contribution >= 4 is 22.9 Å². The van der Waals surface area contributed by atoms with Gasteiger partial charge in [-0.2, -0.15) is 4.57 Å². The molecule has 0 N–H and O–H groups in total. The van der Waals surface area contributed by atoms with Crippen LogP contribution in [0.25, 0.3) is 27.9 Å². The number of nitrogens with zero attached hydrogens (tertiary/aromatic N) is 1. The Morgan fingerprint density at radius 1 is 0.556 bits per heavy atom. The highest BCUT2D eigenvalue weighted by molar-refractivity contribution is 7.09. The van der Waals surface area contributed by atoms with Crippen molar-refractivity contribution in [2.45, 2.75) is 130 Å². The van der Waals surface area contributed by atoms with Crippen LogP contribution in [0.5, 0.6) is 0 Å². The number of aromatic nitrogens is 1. The van der Waals surface area contributed by atoms with Crippen LogP contribution in [-0.2, 0) is 34.5 Å². The third-order valence-electron chi connectivity index (χ3n) is 9.25. The van der Waals surface area contributed by atoms with E-state index < -0.39 is 0 Å². The highest BCUT2D eigenvalue weighted by Crippen LogP contribution is 2.42. The summed E-state index contributed by atoms with van der Waals surface area (Å²) in [5, 5.41) is 0.778. The lowest BCUT2D eigenvalue weighted by Gasteiger charge is -2.27. The van der Waals surface area contributed by atoms with E-state index in [-0.39, 0.29) is 34.1 Å². The summed E-state index contributed by atoms with van der Waals surface area (Å²) in [4.78, 5) is 1.53. The zero-order chi connectivity index (χ0) is 32.4. The first-order valence-corrected chi connectivity index (χ1v) is 17.7. The zero-order valence-electron chi connectivity index (χ0n) is 29.6. The lowest BCUT2D eigenvalue weighted by molar-refractivity contribution is -0.598. The van der Waals surface area contributed by atoms with E-state index >= 15 is 0 Å². The van der Waals surface area contributed by atoms with Gasteiger partial charge < -0.3 is 12.4 Å². The van der Waals surface area contributed by atoms with E-state index in [0.717, 1.165) is 11.4 Å². The fraction of sp³-hybridized carbons (Fsp3) is 0.488. The molecule has 242 valence electrons. The van der Waals surface area contributed by atoms with Crippen molar-refractivity contribution < 1.29 is 17.0 Å². The Morgan fingerprint density at radius 2 is 0.933 bits per heavy atom. The topological polar surface area (TPSA) is 3.88 Å². The van der Waals surface area contributed by atoms with Crippen molar-refractivity contribution in [1.82, 2.24) is 0 Å². The molecule has 0 amide bonds. The fourth-order valence-corrected chi connectivity index (χ4v) is 7.49. The molecule has 0 atom stereocenters. The van der Waals surface area contributed by atoms with Gasteiger partial charge in [-0.25, -0.2) is 0 Å². The lowest BCUT2D eigenvalue weighted by atomic mass is 9.77. The molecule has 1 aliphatic rings. The number of fused-ring (bicyclic) bond motifs is 1. The zero-order valence-corrected chi connectivity index (χ0v) is 32.0. The van der Waals surface area contributed by atoms with Crippen molar-refractivity contribution in [3.05, 3.63) is 91.9 Å². The molecule has 0 spiro atoms. The summed E-state index contributed by atoms with van der Waals surface area (Å²) in [6, 6.07) is 18.9. The van der Waals surface area contributed by atoms with Crippen LogP contribution < -0.4 is 17.0 Å². The van der Waals surface area contributed by atoms with E-state index in [0.29, 0.717) is 0 Å². The second-order valence-corrected chi connectivity index (χ2v) is 18.5. The average molecular weight is 663 g/mol. The number of hydrogen-bond donors (Lipinski definition) is 0. The maximum absolute atomic E-state index is 7.14. The van der Waals surface area contributed by atoms with Gasteiger partial charge >= 0.3 is 0 Å². The molecule has 3 aromatic carbocycles. The van der Waals surface area contributed by atoms with Crippen LogP contribution in [0.2, 0.25) is 5.02 Å². The summed E-state index contributed by atoms with van der Waals surface area (Å²) in [7, 11) is 0. The Morgan fingerprint density at radius 3 is 1.31 bits per heavy atom. The second-order valence-electron chi connectivity index (χ2n) is 17.1. The highest BCUT2D eigenvalue weighted by atomic mass is 35.5. The average Bonchev–Trinajstić information content (AvgIpc) is 3.34. The van der Waals surface area contributed by atoms with Gasteiger partial charge in [0.2, 0.25) is 16.9 Å². The van der Waals surface area contributed by atoms with Crippen molar-refractivity contribution in [3.63, 3.8) is 0 Å². The third-order valence-corrected chi connectivity index (χ3v) is 10.5. The summed E-state index contributed by atoms with van der Waals surface area (Å²) in [6.07, 6.45) is 4.81. The molecule has 0 unspecified atom stereocenters. The lowest BCUT2D eigenvalue weighted by Crippen LogP contribution is -3.00. The van der Waals surface area contributed by atoms with E-state index in [9.17, 15) is 0 Å². The molecule has 4 heteroatoms. The normalized spacial score (nSPS) is 14.2. The van der Waals surface area contributed by atoms with Gasteiger partial charge in [0.25, 0.3) is 0 Å². The molecule has 4 aromatic rings. The van der Waals surface area contributed by atoms with Crippen LogP contribution >= 0.6 is 22.9 Å². The van der Waals surface area contributed by atoms with Crippen molar-refractivity contribution in [1.29, 1.82) is 0 Å². The largest absolute Gasteiger partial charge is 1.00 e. The molecule has 0 aliphatic heterocycles. The smallest absolute Gasteiger partial charge is 0.231 e. The van der Waals surface area contributed by atoms with Crippen LogP contribution in [0.1, 0.15) is 129 Å². The Balaban J connectivity index is 0.00000461. The van der Waals surface area contributed by atoms with Gasteiger partial charge in [0.05, 0.1) is 16.0 Å². The number of rotatable bonds is 3. The molecular formula is C41H53Cl2NS. The standard InChI is InChI=1S/C41H53ClNS.ClH/c1-38(2,3)28-17-26(18-29(21-28)39(4,5)6)33-23-32(42)24-34(37(33)43-25-44-36-16-14-13-15-35(36)43)27-19-30(40(7,8)9)22-31(20-27)41(10,11)12;/h17-25H,13-16H2,1-12H3;1H/q+1;/p-1. The van der Waals surface area contributed by atoms with Gasteiger partial charge in [-0.05, 0) is 86.4 Å². The van der Waals surface area contributed by atoms with Gasteiger partial charge in [-0.1, -0.05) is 142 Å². The van der Waals surface area contributed by atoms with Crippen LogP contribution in [0.3, 0.4) is 0 Å². The van der Waals surface area contributed by atoms with Crippen molar-refractivity contribution in [2.24, 2.45) is 0 Å². The third kappa shape index (κ3) is 7.55. The molecule has 0 fully saturated rings. The van der Waals surface area contributed by atoms with Gasteiger partial charge in [0, 0.05) is 11.4 Å². The van der Waals surface area contributed by atoms with E-state index in [1.807, 2.05) is 11.3 Å². The molecule has 1 aromatic heterocycles. The number of aryl methyl sites for hydroxylation is 1. The summed E-state index contributed by atoms with van der Waals surface area (Å²) < 4.78 is 2.53. The minimum absolute atomic E-state index is 0. The molecule has 0 bridgehead atoms. The Bertz CT molecular complexity index is 1540. The van der Waals surface area contributed by atoms with Crippen LogP contribution in [0.4, 0.5) is 0 Å². The molecule has 1 heterocycles. The van der Waals surface area contributed by atoms with Gasteiger partial charge in [0.15, 0.2) is 0 Å². The maximum Gasteiger partial charge on any atom is 0.231 e. The minimum atomic E-state index is 0. The molecular weight excluding hydrogens is 609 g/mol. The Labute approximate surface area is 288 Å². The van der Waals surface area contributed by atoms with E-state index in [1.54, 1.807) is 0 Å². The summed E-state index contributed by atoms with van der Waals surface area (Å²) in [5.74, 6) is 0. The Hall–Kier alpha value is -2.13. The monoisotopic (exact) mass is 661 g/mol. The number of benzene rings is 3. The molecule has 0 saturated carbocycles. The molecule has 0 radical (unpaired) electrons. The van der Waals surface area contributed by atoms with Gasteiger partial charge in [-0.3, -0.25) is 0 Å². The van der Waals surface area contributed by atoms with Crippen LogP contribution in [0, 0.1) is 0 Å². The predicted octanol–water partition coefficient (Wildman–Crippen LogP) is 9.09.